The second kappa shape index (κ2) is 10.2. The summed E-state index contributed by atoms with van der Waals surface area (Å²) < 4.78 is 55.0. The fourth-order valence-corrected chi connectivity index (χ4v) is 4.08. The molecule has 0 spiro atoms. The summed E-state index contributed by atoms with van der Waals surface area (Å²) in [6.07, 6.45) is 0. The van der Waals surface area contributed by atoms with Crippen molar-refractivity contribution in [3.8, 4) is 0 Å². The normalized spacial score (nSPS) is 11.0. The SMILES string of the molecule is CCN(CC(=O)Nc1c(F)cccc1F)C(=O)c1cccc(NS(=O)(=O)c2ccccc2)c1. The highest BCUT2D eigenvalue weighted by Crippen LogP contribution is 2.19. The maximum absolute atomic E-state index is 13.8. The quantitative estimate of drug-likeness (QED) is 0.519. The van der Waals surface area contributed by atoms with Crippen LogP contribution in [0.15, 0.2) is 77.7 Å². The van der Waals surface area contributed by atoms with Crippen LogP contribution >= 0.6 is 0 Å². The average Bonchev–Trinajstić information content (AvgIpc) is 2.80. The first-order valence-corrected chi connectivity index (χ1v) is 11.4. The van der Waals surface area contributed by atoms with Gasteiger partial charge in [-0.05, 0) is 49.4 Å². The molecule has 2 amide bonds. The summed E-state index contributed by atoms with van der Waals surface area (Å²) in [5, 5.41) is 2.14. The summed E-state index contributed by atoms with van der Waals surface area (Å²) in [5.41, 5.74) is -0.295. The molecule has 3 aromatic carbocycles. The van der Waals surface area contributed by atoms with E-state index in [9.17, 15) is 26.8 Å². The summed E-state index contributed by atoms with van der Waals surface area (Å²) in [4.78, 5) is 26.4. The Balaban J connectivity index is 1.73. The maximum Gasteiger partial charge on any atom is 0.261 e. The molecule has 3 rings (SSSR count). The molecule has 10 heteroatoms. The highest BCUT2D eigenvalue weighted by molar-refractivity contribution is 7.92. The van der Waals surface area contributed by atoms with Gasteiger partial charge < -0.3 is 10.2 Å². The molecule has 0 saturated heterocycles. The summed E-state index contributed by atoms with van der Waals surface area (Å²) >= 11 is 0. The lowest BCUT2D eigenvalue weighted by Gasteiger charge is -2.21. The number of likely N-dealkylation sites (N-methyl/N-ethyl adjacent to an activating group) is 1. The third-order valence-corrected chi connectivity index (χ3v) is 6.04. The van der Waals surface area contributed by atoms with Crippen molar-refractivity contribution in [3.63, 3.8) is 0 Å². The van der Waals surface area contributed by atoms with Gasteiger partial charge in [0.2, 0.25) is 5.91 Å². The van der Waals surface area contributed by atoms with Gasteiger partial charge in [-0.2, -0.15) is 0 Å². The third kappa shape index (κ3) is 5.92. The van der Waals surface area contributed by atoms with Gasteiger partial charge in [-0.15, -0.1) is 0 Å². The molecule has 0 saturated carbocycles. The van der Waals surface area contributed by atoms with E-state index in [1.54, 1.807) is 25.1 Å². The Morgan fingerprint density at radius 1 is 0.909 bits per heavy atom. The van der Waals surface area contributed by atoms with Crippen LogP contribution in [-0.4, -0.2) is 38.2 Å². The zero-order chi connectivity index (χ0) is 24.0. The molecule has 7 nitrogen and oxygen atoms in total. The summed E-state index contributed by atoms with van der Waals surface area (Å²) in [6, 6.07) is 16.7. The molecule has 0 aromatic heterocycles. The maximum atomic E-state index is 13.8. The number of nitrogens with zero attached hydrogens (tertiary/aromatic N) is 1. The van der Waals surface area contributed by atoms with E-state index in [4.69, 9.17) is 0 Å². The largest absolute Gasteiger partial charge is 0.330 e. The van der Waals surface area contributed by atoms with E-state index in [-0.39, 0.29) is 22.7 Å². The van der Waals surface area contributed by atoms with Crippen molar-refractivity contribution in [3.05, 3.63) is 90.0 Å². The van der Waals surface area contributed by atoms with Crippen LogP contribution < -0.4 is 10.0 Å². The van der Waals surface area contributed by atoms with E-state index >= 15 is 0 Å². The number of carbonyl (C=O) groups is 2. The first-order valence-electron chi connectivity index (χ1n) is 9.92. The molecule has 2 N–H and O–H groups in total. The smallest absolute Gasteiger partial charge is 0.261 e. The van der Waals surface area contributed by atoms with Crippen molar-refractivity contribution in [1.82, 2.24) is 4.90 Å². The first-order chi connectivity index (χ1) is 15.7. The van der Waals surface area contributed by atoms with E-state index in [1.165, 1.54) is 47.4 Å². The van der Waals surface area contributed by atoms with Crippen molar-refractivity contribution < 1.29 is 26.8 Å². The first kappa shape index (κ1) is 23.9. The van der Waals surface area contributed by atoms with Crippen molar-refractivity contribution >= 4 is 33.2 Å². The molecule has 0 aliphatic rings. The number of carbonyl (C=O) groups excluding carboxylic acids is 2. The van der Waals surface area contributed by atoms with E-state index in [0.717, 1.165) is 12.1 Å². The second-order valence-corrected chi connectivity index (χ2v) is 8.65. The lowest BCUT2D eigenvalue weighted by Crippen LogP contribution is -2.38. The molecule has 0 unspecified atom stereocenters. The molecular formula is C23H21F2N3O4S. The van der Waals surface area contributed by atoms with Crippen LogP contribution in [0.1, 0.15) is 17.3 Å². The highest BCUT2D eigenvalue weighted by Gasteiger charge is 2.20. The Kier molecular flexibility index (Phi) is 7.39. The zero-order valence-electron chi connectivity index (χ0n) is 17.6. The number of hydrogen-bond donors (Lipinski definition) is 2. The number of halogens is 2. The van der Waals surface area contributed by atoms with Crippen molar-refractivity contribution in [2.45, 2.75) is 11.8 Å². The molecule has 0 atom stereocenters. The molecule has 0 heterocycles. The van der Waals surface area contributed by atoms with E-state index in [1.807, 2.05) is 0 Å². The van der Waals surface area contributed by atoms with Gasteiger partial charge in [0.15, 0.2) is 0 Å². The van der Waals surface area contributed by atoms with E-state index in [2.05, 4.69) is 10.0 Å². The van der Waals surface area contributed by atoms with Gasteiger partial charge in [0.05, 0.1) is 4.90 Å². The highest BCUT2D eigenvalue weighted by atomic mass is 32.2. The number of anilines is 2. The van der Waals surface area contributed by atoms with E-state index < -0.39 is 45.7 Å². The Morgan fingerprint density at radius 2 is 1.55 bits per heavy atom. The molecule has 0 bridgehead atoms. The fraction of sp³-hybridized carbons (Fsp3) is 0.130. The minimum atomic E-state index is -3.85. The standard InChI is InChI=1S/C23H21F2N3O4S/c1-2-28(15-21(29)26-22-19(24)12-7-13-20(22)25)23(30)16-8-6-9-17(14-16)27-33(31,32)18-10-4-3-5-11-18/h3-14,27H,2,15H2,1H3,(H,26,29). The van der Waals surface area contributed by atoms with Gasteiger partial charge in [-0.1, -0.05) is 30.3 Å². The van der Waals surface area contributed by atoms with Crippen LogP contribution in [0.25, 0.3) is 0 Å². The number of rotatable bonds is 8. The van der Waals surface area contributed by atoms with Crippen LogP contribution in [0.3, 0.4) is 0 Å². The molecular weight excluding hydrogens is 452 g/mol. The van der Waals surface area contributed by atoms with Crippen LogP contribution in [0, 0.1) is 11.6 Å². The average molecular weight is 474 g/mol. The lowest BCUT2D eigenvalue weighted by atomic mass is 10.1. The minimum absolute atomic E-state index is 0.0639. The molecule has 0 radical (unpaired) electrons. The van der Waals surface area contributed by atoms with E-state index in [0.29, 0.717) is 0 Å². The Hall–Kier alpha value is -3.79. The number of benzene rings is 3. The predicted molar refractivity (Wildman–Crippen MR) is 120 cm³/mol. The number of nitrogens with one attached hydrogen (secondary N) is 2. The van der Waals surface area contributed by atoms with Gasteiger partial charge in [0.1, 0.15) is 23.9 Å². The van der Waals surface area contributed by atoms with Gasteiger partial charge >= 0.3 is 0 Å². The minimum Gasteiger partial charge on any atom is -0.330 e. The molecule has 0 aliphatic carbocycles. The number of hydrogen-bond acceptors (Lipinski definition) is 4. The summed E-state index contributed by atoms with van der Waals surface area (Å²) in [6.45, 7) is 1.31. The number of para-hydroxylation sites is 1. The van der Waals surface area contributed by atoms with Gasteiger partial charge in [-0.3, -0.25) is 14.3 Å². The Labute approximate surface area is 190 Å². The Bertz CT molecular complexity index is 1250. The van der Waals surface area contributed by atoms with Gasteiger partial charge in [0.25, 0.3) is 15.9 Å². The van der Waals surface area contributed by atoms with Gasteiger partial charge in [0, 0.05) is 17.8 Å². The summed E-state index contributed by atoms with van der Waals surface area (Å²) in [5.74, 6) is -3.20. The molecule has 172 valence electrons. The van der Waals surface area contributed by atoms with Crippen molar-refractivity contribution in [1.29, 1.82) is 0 Å². The van der Waals surface area contributed by atoms with Crippen LogP contribution in [0.2, 0.25) is 0 Å². The van der Waals surface area contributed by atoms with Crippen molar-refractivity contribution in [2.24, 2.45) is 0 Å². The van der Waals surface area contributed by atoms with Gasteiger partial charge in [-0.25, -0.2) is 17.2 Å². The number of amides is 2. The number of sulfonamides is 1. The third-order valence-electron chi connectivity index (χ3n) is 4.65. The zero-order valence-corrected chi connectivity index (χ0v) is 18.4. The second-order valence-electron chi connectivity index (χ2n) is 6.96. The molecule has 0 fully saturated rings. The fourth-order valence-electron chi connectivity index (χ4n) is 3.01. The molecule has 0 aliphatic heterocycles. The lowest BCUT2D eigenvalue weighted by molar-refractivity contribution is -0.116. The molecule has 3 aromatic rings. The van der Waals surface area contributed by atoms with Crippen LogP contribution in [0.4, 0.5) is 20.2 Å². The van der Waals surface area contributed by atoms with Crippen molar-refractivity contribution in [2.75, 3.05) is 23.1 Å². The van der Waals surface area contributed by atoms with Crippen LogP contribution in [0.5, 0.6) is 0 Å². The topological polar surface area (TPSA) is 95.6 Å². The predicted octanol–water partition coefficient (Wildman–Crippen LogP) is 3.87. The summed E-state index contributed by atoms with van der Waals surface area (Å²) in [7, 11) is -3.85. The molecule has 33 heavy (non-hydrogen) atoms. The monoisotopic (exact) mass is 473 g/mol. The van der Waals surface area contributed by atoms with Crippen LogP contribution in [-0.2, 0) is 14.8 Å². The Morgan fingerprint density at radius 3 is 2.18 bits per heavy atom.